The van der Waals surface area contributed by atoms with Crippen LogP contribution in [-0.2, 0) is 9.53 Å². The van der Waals surface area contributed by atoms with Gasteiger partial charge in [-0.15, -0.1) is 0 Å². The molecule has 4 nitrogen and oxygen atoms in total. The van der Waals surface area contributed by atoms with Gasteiger partial charge in [-0.05, 0) is 25.3 Å². The van der Waals surface area contributed by atoms with E-state index in [4.69, 9.17) is 10.5 Å². The van der Waals surface area contributed by atoms with Crippen LogP contribution in [0.2, 0.25) is 0 Å². The maximum absolute atomic E-state index is 11.7. The molecule has 1 amide bonds. The van der Waals surface area contributed by atoms with Gasteiger partial charge in [-0.3, -0.25) is 4.79 Å². The van der Waals surface area contributed by atoms with Gasteiger partial charge in [-0.2, -0.15) is 0 Å². The molecule has 1 unspecified atom stereocenters. The summed E-state index contributed by atoms with van der Waals surface area (Å²) >= 11 is 0. The third kappa shape index (κ3) is 3.80. The predicted molar refractivity (Wildman–Crippen MR) is 59.4 cm³/mol. The molecule has 1 heterocycles. The van der Waals surface area contributed by atoms with E-state index in [0.29, 0.717) is 19.1 Å². The highest BCUT2D eigenvalue weighted by atomic mass is 16.5. The second kappa shape index (κ2) is 6.08. The fraction of sp³-hybridized carbons (Fsp3) is 0.909. The zero-order valence-corrected chi connectivity index (χ0v) is 9.74. The summed E-state index contributed by atoms with van der Waals surface area (Å²) in [6.07, 6.45) is 1.89. The number of carbonyl (C=O) groups is 1. The van der Waals surface area contributed by atoms with Crippen molar-refractivity contribution >= 4 is 5.91 Å². The second-order valence-electron chi connectivity index (χ2n) is 4.53. The highest BCUT2D eigenvalue weighted by Crippen LogP contribution is 2.16. The van der Waals surface area contributed by atoms with Gasteiger partial charge in [0, 0.05) is 6.54 Å². The topological polar surface area (TPSA) is 55.6 Å². The van der Waals surface area contributed by atoms with Crippen LogP contribution in [-0.4, -0.2) is 43.2 Å². The first-order valence-corrected chi connectivity index (χ1v) is 5.72. The molecule has 88 valence electrons. The van der Waals surface area contributed by atoms with Crippen molar-refractivity contribution in [2.75, 3.05) is 26.3 Å². The van der Waals surface area contributed by atoms with Crippen LogP contribution in [0.1, 0.15) is 26.7 Å². The van der Waals surface area contributed by atoms with Crippen LogP contribution < -0.4 is 5.73 Å². The van der Waals surface area contributed by atoms with Gasteiger partial charge >= 0.3 is 0 Å². The Bertz CT molecular complexity index is 207. The molecule has 4 heteroatoms. The molecule has 0 saturated carbocycles. The number of nitrogens with two attached hydrogens (primary N) is 1. The van der Waals surface area contributed by atoms with Crippen molar-refractivity contribution in [2.24, 2.45) is 11.7 Å². The monoisotopic (exact) mass is 214 g/mol. The third-order valence-corrected chi connectivity index (χ3v) is 2.64. The maximum atomic E-state index is 11.7. The summed E-state index contributed by atoms with van der Waals surface area (Å²) in [6.45, 7) is 6.66. The summed E-state index contributed by atoms with van der Waals surface area (Å²) < 4.78 is 5.28. The number of ether oxygens (including phenoxy) is 1. The van der Waals surface area contributed by atoms with Crippen molar-refractivity contribution in [1.82, 2.24) is 4.90 Å². The number of amides is 1. The van der Waals surface area contributed by atoms with Gasteiger partial charge in [0.05, 0.1) is 12.6 Å². The van der Waals surface area contributed by atoms with E-state index in [2.05, 4.69) is 13.8 Å². The van der Waals surface area contributed by atoms with Crippen LogP contribution in [0.15, 0.2) is 0 Å². The highest BCUT2D eigenvalue weighted by molar-refractivity contribution is 5.78. The number of nitrogens with zero attached hydrogens (tertiary/aromatic N) is 1. The zero-order valence-electron chi connectivity index (χ0n) is 9.74. The number of hydrogen-bond acceptors (Lipinski definition) is 3. The fourth-order valence-corrected chi connectivity index (χ4v) is 1.97. The smallest absolute Gasteiger partial charge is 0.248 e. The van der Waals surface area contributed by atoms with Gasteiger partial charge in [0.1, 0.15) is 6.61 Å². The number of hydrogen-bond donors (Lipinski definition) is 1. The van der Waals surface area contributed by atoms with Crippen molar-refractivity contribution in [3.63, 3.8) is 0 Å². The molecular weight excluding hydrogens is 192 g/mol. The van der Waals surface area contributed by atoms with Gasteiger partial charge in [-0.25, -0.2) is 0 Å². The van der Waals surface area contributed by atoms with Crippen LogP contribution in [0.5, 0.6) is 0 Å². The Morgan fingerprint density at radius 1 is 1.60 bits per heavy atom. The Balaban J connectivity index is 2.51. The van der Waals surface area contributed by atoms with E-state index in [1.807, 2.05) is 4.90 Å². The van der Waals surface area contributed by atoms with Crippen molar-refractivity contribution in [1.29, 1.82) is 0 Å². The van der Waals surface area contributed by atoms with Gasteiger partial charge in [-0.1, -0.05) is 13.8 Å². The minimum atomic E-state index is 0.111. The Morgan fingerprint density at radius 2 is 2.33 bits per heavy atom. The molecule has 0 radical (unpaired) electrons. The second-order valence-corrected chi connectivity index (χ2v) is 4.53. The van der Waals surface area contributed by atoms with Crippen molar-refractivity contribution in [3.8, 4) is 0 Å². The van der Waals surface area contributed by atoms with Crippen molar-refractivity contribution < 1.29 is 9.53 Å². The van der Waals surface area contributed by atoms with Crippen molar-refractivity contribution in [3.05, 3.63) is 0 Å². The quantitative estimate of drug-likeness (QED) is 0.729. The van der Waals surface area contributed by atoms with E-state index in [-0.39, 0.29) is 18.6 Å². The highest BCUT2D eigenvalue weighted by Gasteiger charge is 2.28. The normalized spacial score (nSPS) is 22.5. The van der Waals surface area contributed by atoms with Crippen LogP contribution in [0.25, 0.3) is 0 Å². The maximum Gasteiger partial charge on any atom is 0.248 e. The Morgan fingerprint density at radius 3 is 2.93 bits per heavy atom. The zero-order chi connectivity index (χ0) is 11.3. The molecule has 1 aliphatic heterocycles. The molecule has 1 fully saturated rings. The molecule has 0 bridgehead atoms. The molecule has 1 aliphatic rings. The first-order chi connectivity index (χ1) is 7.15. The lowest BCUT2D eigenvalue weighted by atomic mass is 10.0. The van der Waals surface area contributed by atoms with Crippen LogP contribution >= 0.6 is 0 Å². The first kappa shape index (κ1) is 12.5. The number of carbonyl (C=O) groups excluding carboxylic acids is 1. The van der Waals surface area contributed by atoms with E-state index >= 15 is 0 Å². The average molecular weight is 214 g/mol. The number of rotatable bonds is 5. The standard InChI is InChI=1S/C11H22N2O2/c1-9(2)6-10-7-15-8-11(14)13(10)5-3-4-12/h9-10H,3-8,12H2,1-2H3. The SMILES string of the molecule is CC(C)CC1COCC(=O)N1CCCN. The lowest BCUT2D eigenvalue weighted by Crippen LogP contribution is -2.50. The molecule has 0 aromatic rings. The van der Waals surface area contributed by atoms with E-state index in [1.54, 1.807) is 0 Å². The van der Waals surface area contributed by atoms with Gasteiger partial charge in [0.15, 0.2) is 0 Å². The largest absolute Gasteiger partial charge is 0.369 e. The predicted octanol–water partition coefficient (Wildman–Crippen LogP) is 0.609. The molecular formula is C11H22N2O2. The van der Waals surface area contributed by atoms with Crippen LogP contribution in [0.3, 0.4) is 0 Å². The minimum Gasteiger partial charge on any atom is -0.369 e. The molecule has 0 spiro atoms. The summed E-state index contributed by atoms with van der Waals surface area (Å²) in [4.78, 5) is 13.6. The van der Waals surface area contributed by atoms with E-state index < -0.39 is 0 Å². The van der Waals surface area contributed by atoms with E-state index in [1.165, 1.54) is 0 Å². The summed E-state index contributed by atoms with van der Waals surface area (Å²) in [5.41, 5.74) is 5.47. The third-order valence-electron chi connectivity index (χ3n) is 2.64. The molecule has 0 aliphatic carbocycles. The van der Waals surface area contributed by atoms with Gasteiger partial charge in [0.2, 0.25) is 5.91 Å². The van der Waals surface area contributed by atoms with Gasteiger partial charge < -0.3 is 15.4 Å². The molecule has 2 N–H and O–H groups in total. The van der Waals surface area contributed by atoms with E-state index in [0.717, 1.165) is 19.4 Å². The van der Waals surface area contributed by atoms with Crippen molar-refractivity contribution in [2.45, 2.75) is 32.7 Å². The average Bonchev–Trinajstić information content (AvgIpc) is 2.16. The lowest BCUT2D eigenvalue weighted by molar-refractivity contribution is -0.148. The summed E-state index contributed by atoms with van der Waals surface area (Å²) in [5.74, 6) is 0.699. The van der Waals surface area contributed by atoms with E-state index in [9.17, 15) is 4.79 Å². The number of morpholine rings is 1. The summed E-state index contributed by atoms with van der Waals surface area (Å²) in [6, 6.07) is 0.248. The van der Waals surface area contributed by atoms with Crippen LogP contribution in [0.4, 0.5) is 0 Å². The molecule has 1 atom stereocenters. The Labute approximate surface area is 91.8 Å². The molecule has 1 rings (SSSR count). The first-order valence-electron chi connectivity index (χ1n) is 5.72. The molecule has 1 saturated heterocycles. The fourth-order valence-electron chi connectivity index (χ4n) is 1.97. The summed E-state index contributed by atoms with van der Waals surface area (Å²) in [5, 5.41) is 0. The lowest BCUT2D eigenvalue weighted by Gasteiger charge is -2.36. The molecule has 0 aromatic carbocycles. The Hall–Kier alpha value is -0.610. The molecule has 15 heavy (non-hydrogen) atoms. The Kier molecular flexibility index (Phi) is 5.05. The van der Waals surface area contributed by atoms with Crippen LogP contribution in [0, 0.1) is 5.92 Å². The van der Waals surface area contributed by atoms with Gasteiger partial charge in [0.25, 0.3) is 0 Å². The molecule has 0 aromatic heterocycles. The summed E-state index contributed by atoms with van der Waals surface area (Å²) in [7, 11) is 0. The minimum absolute atomic E-state index is 0.111.